The predicted octanol–water partition coefficient (Wildman–Crippen LogP) is 4.13. The molecule has 0 aliphatic heterocycles. The Hall–Kier alpha value is -1.64. The van der Waals surface area contributed by atoms with Gasteiger partial charge in [-0.15, -0.1) is 0 Å². The van der Waals surface area contributed by atoms with E-state index in [1.165, 1.54) is 63.5 Å². The van der Waals surface area contributed by atoms with Crippen LogP contribution in [0, 0.1) is 34.0 Å². The molecule has 0 spiro atoms. The van der Waals surface area contributed by atoms with E-state index in [-0.39, 0.29) is 0 Å². The van der Waals surface area contributed by atoms with Gasteiger partial charge in [0.05, 0.1) is 6.54 Å². The lowest BCUT2D eigenvalue weighted by Crippen LogP contribution is -2.25. The number of carbonyl (C=O) groups excluding carboxylic acids is 1. The van der Waals surface area contributed by atoms with Crippen molar-refractivity contribution in [2.75, 3.05) is 6.54 Å². The van der Waals surface area contributed by atoms with Gasteiger partial charge in [-0.3, -0.25) is 0 Å². The van der Waals surface area contributed by atoms with Gasteiger partial charge in [0.1, 0.15) is 0 Å². The molecule has 0 N–H and O–H groups in total. The van der Waals surface area contributed by atoms with Crippen molar-refractivity contribution in [3.63, 3.8) is 0 Å². The number of nitriles is 2. The van der Waals surface area contributed by atoms with Gasteiger partial charge >= 0.3 is 0 Å². The minimum absolute atomic E-state index is 0.566. The van der Waals surface area contributed by atoms with E-state index >= 15 is 0 Å². The summed E-state index contributed by atoms with van der Waals surface area (Å²) in [5.41, 5.74) is 0.566. The maximum absolute atomic E-state index is 10.1. The first kappa shape index (κ1) is 18.4. The average Bonchev–Trinajstić information content (AvgIpc) is 2.47. The minimum Gasteiger partial charge on any atom is -0.211 e. The molecule has 1 aliphatic carbocycles. The highest BCUT2D eigenvalue weighted by Gasteiger charge is 2.30. The van der Waals surface area contributed by atoms with E-state index in [0.717, 1.165) is 0 Å². The van der Waals surface area contributed by atoms with Gasteiger partial charge in [0, 0.05) is 0 Å². The molecule has 4 heteroatoms. The highest BCUT2D eigenvalue weighted by molar-refractivity contribution is 5.32. The van der Waals surface area contributed by atoms with Gasteiger partial charge in [-0.2, -0.15) is 10.5 Å². The van der Waals surface area contributed by atoms with Crippen molar-refractivity contribution in [1.29, 1.82) is 10.5 Å². The molecule has 4 nitrogen and oxygen atoms in total. The van der Waals surface area contributed by atoms with Gasteiger partial charge in [0.25, 0.3) is 0 Å². The molecule has 0 unspecified atom stereocenters. The van der Waals surface area contributed by atoms with Gasteiger partial charge in [0.2, 0.25) is 6.08 Å². The molecular formula is C16H25N3O. The van der Waals surface area contributed by atoms with E-state index in [1.807, 2.05) is 0 Å². The normalized spacial score (nSPS) is 24.3. The SMILES string of the molecule is CCCCCC1(C)CCC(CN=C=O)CC1.N#CC#N. The third-order valence-electron chi connectivity index (χ3n) is 4.16. The molecule has 1 aliphatic rings. The van der Waals surface area contributed by atoms with Crippen LogP contribution in [0.5, 0.6) is 0 Å². The molecule has 0 radical (unpaired) electrons. The topological polar surface area (TPSA) is 77.0 Å². The first-order valence-corrected chi connectivity index (χ1v) is 7.43. The molecule has 0 aromatic carbocycles. The van der Waals surface area contributed by atoms with Crippen molar-refractivity contribution < 1.29 is 4.79 Å². The summed E-state index contributed by atoms with van der Waals surface area (Å²) in [6, 6.07) is 2.47. The highest BCUT2D eigenvalue weighted by Crippen LogP contribution is 2.42. The zero-order valence-corrected chi connectivity index (χ0v) is 12.7. The van der Waals surface area contributed by atoms with Crippen molar-refractivity contribution in [3.8, 4) is 12.1 Å². The fourth-order valence-electron chi connectivity index (χ4n) is 2.78. The van der Waals surface area contributed by atoms with E-state index in [9.17, 15) is 4.79 Å². The van der Waals surface area contributed by atoms with Crippen LogP contribution >= 0.6 is 0 Å². The van der Waals surface area contributed by atoms with Crippen LogP contribution in [0.1, 0.15) is 65.2 Å². The summed E-state index contributed by atoms with van der Waals surface area (Å²) < 4.78 is 0. The molecule has 0 heterocycles. The van der Waals surface area contributed by atoms with E-state index in [1.54, 1.807) is 6.08 Å². The van der Waals surface area contributed by atoms with Crippen molar-refractivity contribution in [2.45, 2.75) is 65.2 Å². The molecule has 0 bridgehead atoms. The number of isocyanates is 1. The second kappa shape index (κ2) is 11.2. The Morgan fingerprint density at radius 2 is 1.80 bits per heavy atom. The van der Waals surface area contributed by atoms with Crippen molar-refractivity contribution >= 4 is 6.08 Å². The Labute approximate surface area is 122 Å². The number of aliphatic imine (C=N–C) groups is 1. The quantitative estimate of drug-likeness (QED) is 0.415. The molecular weight excluding hydrogens is 250 g/mol. The number of rotatable bonds is 6. The van der Waals surface area contributed by atoms with Crippen molar-refractivity contribution in [3.05, 3.63) is 0 Å². The van der Waals surface area contributed by atoms with E-state index in [2.05, 4.69) is 18.8 Å². The molecule has 20 heavy (non-hydrogen) atoms. The molecule has 1 saturated carbocycles. The summed E-state index contributed by atoms with van der Waals surface area (Å²) in [5, 5.41) is 14.5. The van der Waals surface area contributed by atoms with Crippen LogP contribution in [-0.2, 0) is 4.79 Å². The summed E-state index contributed by atoms with van der Waals surface area (Å²) in [6.45, 7) is 5.40. The lowest BCUT2D eigenvalue weighted by molar-refractivity contribution is 0.156. The van der Waals surface area contributed by atoms with Crippen molar-refractivity contribution in [1.82, 2.24) is 0 Å². The first-order chi connectivity index (χ1) is 9.61. The van der Waals surface area contributed by atoms with E-state index in [0.29, 0.717) is 17.9 Å². The average molecular weight is 275 g/mol. The van der Waals surface area contributed by atoms with Crippen LogP contribution in [0.4, 0.5) is 0 Å². The Balaban J connectivity index is 0.000000796. The van der Waals surface area contributed by atoms with Crippen LogP contribution in [0.2, 0.25) is 0 Å². The lowest BCUT2D eigenvalue weighted by atomic mass is 9.69. The third-order valence-corrected chi connectivity index (χ3v) is 4.16. The van der Waals surface area contributed by atoms with Gasteiger partial charge in [0.15, 0.2) is 12.1 Å². The highest BCUT2D eigenvalue weighted by atomic mass is 16.1. The summed E-state index contributed by atoms with van der Waals surface area (Å²) in [5.74, 6) is 0.640. The number of hydrogen-bond acceptors (Lipinski definition) is 4. The molecule has 0 saturated heterocycles. The van der Waals surface area contributed by atoms with Crippen LogP contribution in [0.15, 0.2) is 4.99 Å². The zero-order chi connectivity index (χ0) is 15.3. The van der Waals surface area contributed by atoms with Gasteiger partial charge in [-0.05, 0) is 43.4 Å². The molecule has 110 valence electrons. The smallest absolute Gasteiger partial charge is 0.211 e. The fraction of sp³-hybridized carbons (Fsp3) is 0.812. The predicted molar refractivity (Wildman–Crippen MR) is 78.4 cm³/mol. The van der Waals surface area contributed by atoms with Crippen LogP contribution in [-0.4, -0.2) is 12.6 Å². The maximum atomic E-state index is 10.1. The van der Waals surface area contributed by atoms with Crippen molar-refractivity contribution in [2.24, 2.45) is 16.3 Å². The first-order valence-electron chi connectivity index (χ1n) is 7.43. The van der Waals surface area contributed by atoms with Gasteiger partial charge < -0.3 is 0 Å². The molecule has 1 rings (SSSR count). The monoisotopic (exact) mass is 275 g/mol. The molecule has 0 aromatic heterocycles. The van der Waals surface area contributed by atoms with Gasteiger partial charge in [-0.25, -0.2) is 9.79 Å². The Morgan fingerprint density at radius 3 is 2.25 bits per heavy atom. The standard InChI is InChI=1S/C14H25NO.C2N2/c1-3-4-5-8-14(2)9-6-13(7-10-14)11-15-12-16;3-1-2-4/h13H,3-11H2,1-2H3;. The molecule has 0 aromatic rings. The lowest BCUT2D eigenvalue weighted by Gasteiger charge is -2.37. The Morgan fingerprint density at radius 1 is 1.20 bits per heavy atom. The molecule has 1 fully saturated rings. The summed E-state index contributed by atoms with van der Waals surface area (Å²) in [7, 11) is 0. The Kier molecular flexibility index (Phi) is 10.3. The van der Waals surface area contributed by atoms with Gasteiger partial charge in [-0.1, -0.05) is 33.1 Å². The van der Waals surface area contributed by atoms with Crippen LogP contribution < -0.4 is 0 Å². The fourth-order valence-corrected chi connectivity index (χ4v) is 2.78. The minimum atomic E-state index is 0.566. The maximum Gasteiger partial charge on any atom is 0.234 e. The van der Waals surface area contributed by atoms with Crippen LogP contribution in [0.3, 0.4) is 0 Å². The summed E-state index contributed by atoms with van der Waals surface area (Å²) in [6.07, 6.45) is 12.2. The molecule has 0 amide bonds. The molecule has 0 atom stereocenters. The van der Waals surface area contributed by atoms with E-state index in [4.69, 9.17) is 10.5 Å². The van der Waals surface area contributed by atoms with Crippen LogP contribution in [0.25, 0.3) is 0 Å². The largest absolute Gasteiger partial charge is 0.234 e. The zero-order valence-electron chi connectivity index (χ0n) is 12.7. The second-order valence-electron chi connectivity index (χ2n) is 5.87. The Bertz CT molecular complexity index is 366. The second-order valence-corrected chi connectivity index (χ2v) is 5.87. The summed E-state index contributed by atoms with van der Waals surface area (Å²) in [4.78, 5) is 13.8. The number of hydrogen-bond donors (Lipinski definition) is 0. The van der Waals surface area contributed by atoms with E-state index < -0.39 is 0 Å². The summed E-state index contributed by atoms with van der Waals surface area (Å²) >= 11 is 0. The number of unbranched alkanes of at least 4 members (excludes halogenated alkanes) is 2. The number of nitrogens with zero attached hydrogens (tertiary/aromatic N) is 3. The third kappa shape index (κ3) is 8.46.